The Morgan fingerprint density at radius 1 is 0.846 bits per heavy atom. The molecule has 4 nitrogen and oxygen atoms in total. The third-order valence-electron chi connectivity index (χ3n) is 3.95. The van der Waals surface area contributed by atoms with Gasteiger partial charge < -0.3 is 14.8 Å². The van der Waals surface area contributed by atoms with Crippen molar-refractivity contribution >= 4 is 0 Å². The lowest BCUT2D eigenvalue weighted by Crippen LogP contribution is -2.20. The summed E-state index contributed by atoms with van der Waals surface area (Å²) in [6, 6.07) is 22.2. The minimum Gasteiger partial charge on any atom is -0.489 e. The normalized spacial score (nSPS) is 10.5. The van der Waals surface area contributed by atoms with Gasteiger partial charge in [0.2, 0.25) is 5.88 Å². The Morgan fingerprint density at radius 2 is 1.62 bits per heavy atom. The SMILES string of the molecule is Cc1ccc(COc2ccc(CNCCOc3ccccn3)cc2)cc1. The van der Waals surface area contributed by atoms with Crippen LogP contribution in [0.3, 0.4) is 0 Å². The monoisotopic (exact) mass is 348 g/mol. The van der Waals surface area contributed by atoms with Crippen LogP contribution < -0.4 is 14.8 Å². The minimum absolute atomic E-state index is 0.586. The van der Waals surface area contributed by atoms with E-state index in [1.807, 2.05) is 30.3 Å². The fourth-order valence-corrected chi connectivity index (χ4v) is 2.45. The minimum atomic E-state index is 0.586. The molecule has 2 aromatic carbocycles. The summed E-state index contributed by atoms with van der Waals surface area (Å²) in [4.78, 5) is 4.12. The lowest BCUT2D eigenvalue weighted by molar-refractivity contribution is 0.301. The predicted octanol–water partition coefficient (Wildman–Crippen LogP) is 4.14. The molecule has 1 N–H and O–H groups in total. The maximum Gasteiger partial charge on any atom is 0.213 e. The van der Waals surface area contributed by atoms with Crippen molar-refractivity contribution in [2.24, 2.45) is 0 Å². The predicted molar refractivity (Wildman–Crippen MR) is 103 cm³/mol. The molecule has 3 aromatic rings. The van der Waals surface area contributed by atoms with Crippen molar-refractivity contribution in [3.05, 3.63) is 89.6 Å². The number of hydrogen-bond donors (Lipinski definition) is 1. The van der Waals surface area contributed by atoms with Gasteiger partial charge in [0.05, 0.1) is 0 Å². The largest absolute Gasteiger partial charge is 0.489 e. The van der Waals surface area contributed by atoms with E-state index in [2.05, 4.69) is 53.6 Å². The molecule has 1 heterocycles. The fourth-order valence-electron chi connectivity index (χ4n) is 2.45. The molecular formula is C22H24N2O2. The average Bonchev–Trinajstić information content (AvgIpc) is 2.69. The molecular weight excluding hydrogens is 324 g/mol. The molecule has 0 spiro atoms. The zero-order valence-corrected chi connectivity index (χ0v) is 15.0. The molecule has 0 amide bonds. The number of aromatic nitrogens is 1. The Kier molecular flexibility index (Phi) is 6.62. The molecule has 26 heavy (non-hydrogen) atoms. The van der Waals surface area contributed by atoms with Crippen molar-refractivity contribution in [1.29, 1.82) is 0 Å². The lowest BCUT2D eigenvalue weighted by atomic mass is 10.2. The molecule has 0 atom stereocenters. The smallest absolute Gasteiger partial charge is 0.213 e. The fraction of sp³-hybridized carbons (Fsp3) is 0.227. The van der Waals surface area contributed by atoms with Crippen molar-refractivity contribution in [2.45, 2.75) is 20.1 Å². The van der Waals surface area contributed by atoms with Gasteiger partial charge in [0, 0.05) is 25.4 Å². The van der Waals surface area contributed by atoms with Crippen LogP contribution in [0.2, 0.25) is 0 Å². The van der Waals surface area contributed by atoms with Gasteiger partial charge in [0.25, 0.3) is 0 Å². The van der Waals surface area contributed by atoms with Gasteiger partial charge >= 0.3 is 0 Å². The van der Waals surface area contributed by atoms with E-state index in [-0.39, 0.29) is 0 Å². The summed E-state index contributed by atoms with van der Waals surface area (Å²) in [7, 11) is 0. The average molecular weight is 348 g/mol. The molecule has 4 heteroatoms. The number of ether oxygens (including phenoxy) is 2. The quantitative estimate of drug-likeness (QED) is 0.590. The van der Waals surface area contributed by atoms with Gasteiger partial charge in [-0.2, -0.15) is 0 Å². The van der Waals surface area contributed by atoms with Crippen molar-refractivity contribution in [2.75, 3.05) is 13.2 Å². The molecule has 0 aliphatic rings. The van der Waals surface area contributed by atoms with E-state index in [9.17, 15) is 0 Å². The Balaban J connectivity index is 1.35. The molecule has 0 bridgehead atoms. The van der Waals surface area contributed by atoms with Crippen LogP contribution in [-0.2, 0) is 13.2 Å². The second-order valence-corrected chi connectivity index (χ2v) is 6.11. The highest BCUT2D eigenvalue weighted by atomic mass is 16.5. The highest BCUT2D eigenvalue weighted by Gasteiger charge is 1.98. The number of rotatable bonds is 9. The van der Waals surface area contributed by atoms with Gasteiger partial charge in [-0.1, -0.05) is 48.0 Å². The Hall–Kier alpha value is -2.85. The standard InChI is InChI=1S/C22H24N2O2/c1-18-5-7-20(8-6-18)17-26-21-11-9-19(10-12-21)16-23-14-15-25-22-4-2-3-13-24-22/h2-13,23H,14-17H2,1H3. The highest BCUT2D eigenvalue weighted by Crippen LogP contribution is 2.14. The number of hydrogen-bond acceptors (Lipinski definition) is 4. The maximum atomic E-state index is 5.83. The first-order valence-corrected chi connectivity index (χ1v) is 8.81. The van der Waals surface area contributed by atoms with Gasteiger partial charge in [-0.05, 0) is 36.2 Å². The van der Waals surface area contributed by atoms with Crippen molar-refractivity contribution in [1.82, 2.24) is 10.3 Å². The molecule has 0 aliphatic heterocycles. The Labute approximate surface area is 154 Å². The van der Waals surface area contributed by atoms with Crippen LogP contribution in [0, 0.1) is 6.92 Å². The van der Waals surface area contributed by atoms with Crippen LogP contribution in [0.4, 0.5) is 0 Å². The number of nitrogens with one attached hydrogen (secondary N) is 1. The van der Waals surface area contributed by atoms with Crippen molar-refractivity contribution in [3.8, 4) is 11.6 Å². The highest BCUT2D eigenvalue weighted by molar-refractivity contribution is 5.28. The second-order valence-electron chi connectivity index (χ2n) is 6.11. The summed E-state index contributed by atoms with van der Waals surface area (Å²) in [5.41, 5.74) is 3.65. The van der Waals surface area contributed by atoms with Crippen molar-refractivity contribution < 1.29 is 9.47 Å². The molecule has 0 aliphatic carbocycles. The molecule has 0 unspecified atom stereocenters. The molecule has 0 saturated carbocycles. The summed E-state index contributed by atoms with van der Waals surface area (Å²) in [5, 5.41) is 3.36. The number of nitrogens with zero attached hydrogens (tertiary/aromatic N) is 1. The van der Waals surface area contributed by atoms with Crippen LogP contribution in [0.1, 0.15) is 16.7 Å². The van der Waals surface area contributed by atoms with Crippen LogP contribution in [0.25, 0.3) is 0 Å². The molecule has 0 saturated heterocycles. The van der Waals surface area contributed by atoms with Gasteiger partial charge in [-0.25, -0.2) is 4.98 Å². The van der Waals surface area contributed by atoms with E-state index < -0.39 is 0 Å². The molecule has 1 aromatic heterocycles. The van der Waals surface area contributed by atoms with E-state index in [4.69, 9.17) is 9.47 Å². The summed E-state index contributed by atoms with van der Waals surface area (Å²) < 4.78 is 11.4. The van der Waals surface area contributed by atoms with Crippen LogP contribution in [0.5, 0.6) is 11.6 Å². The summed E-state index contributed by atoms with van der Waals surface area (Å²) in [6.45, 7) is 4.83. The Morgan fingerprint density at radius 3 is 2.35 bits per heavy atom. The third-order valence-corrected chi connectivity index (χ3v) is 3.95. The van der Waals surface area contributed by atoms with E-state index in [1.54, 1.807) is 6.20 Å². The number of benzene rings is 2. The summed E-state index contributed by atoms with van der Waals surface area (Å²) >= 11 is 0. The van der Waals surface area contributed by atoms with E-state index >= 15 is 0 Å². The van der Waals surface area contributed by atoms with Gasteiger partial charge in [0.1, 0.15) is 19.0 Å². The van der Waals surface area contributed by atoms with E-state index in [0.717, 1.165) is 18.8 Å². The van der Waals surface area contributed by atoms with Gasteiger partial charge in [-0.15, -0.1) is 0 Å². The zero-order valence-electron chi connectivity index (χ0n) is 15.0. The van der Waals surface area contributed by atoms with E-state index in [0.29, 0.717) is 19.1 Å². The summed E-state index contributed by atoms with van der Waals surface area (Å²) in [5.74, 6) is 1.54. The number of pyridine rings is 1. The third kappa shape index (κ3) is 5.90. The Bertz CT molecular complexity index is 772. The van der Waals surface area contributed by atoms with Crippen LogP contribution in [0.15, 0.2) is 72.9 Å². The van der Waals surface area contributed by atoms with Crippen molar-refractivity contribution in [3.63, 3.8) is 0 Å². The second kappa shape index (κ2) is 9.59. The first-order valence-electron chi connectivity index (χ1n) is 8.81. The summed E-state index contributed by atoms with van der Waals surface area (Å²) in [6.07, 6.45) is 1.73. The van der Waals surface area contributed by atoms with Crippen LogP contribution >= 0.6 is 0 Å². The van der Waals surface area contributed by atoms with E-state index in [1.165, 1.54) is 16.7 Å². The molecule has 3 rings (SSSR count). The first kappa shape index (κ1) is 18.0. The molecule has 0 fully saturated rings. The first-order chi connectivity index (χ1) is 12.8. The van der Waals surface area contributed by atoms with Crippen LogP contribution in [-0.4, -0.2) is 18.1 Å². The molecule has 134 valence electrons. The topological polar surface area (TPSA) is 43.4 Å². The van der Waals surface area contributed by atoms with Gasteiger partial charge in [-0.3, -0.25) is 0 Å². The van der Waals surface area contributed by atoms with Gasteiger partial charge in [0.15, 0.2) is 0 Å². The number of aryl methyl sites for hydroxylation is 1. The molecule has 0 radical (unpaired) electrons. The lowest BCUT2D eigenvalue weighted by Gasteiger charge is -2.09. The maximum absolute atomic E-state index is 5.83. The zero-order chi connectivity index (χ0) is 18.0.